The second-order valence-corrected chi connectivity index (χ2v) is 9.90. The lowest BCUT2D eigenvalue weighted by Crippen LogP contribution is -2.51. The molecular weight excluding hydrogens is 458 g/mol. The maximum absolute atomic E-state index is 13.4. The molecule has 3 heterocycles. The summed E-state index contributed by atoms with van der Waals surface area (Å²) in [4.78, 5) is 30.8. The molecule has 0 spiro atoms. The molecule has 36 heavy (non-hydrogen) atoms. The summed E-state index contributed by atoms with van der Waals surface area (Å²) in [6, 6.07) is 10.4. The fourth-order valence-corrected chi connectivity index (χ4v) is 5.06. The predicted octanol–water partition coefficient (Wildman–Crippen LogP) is 3.13. The van der Waals surface area contributed by atoms with Crippen LogP contribution >= 0.6 is 0 Å². The number of carbonyl (C=O) groups excluding carboxylic acids is 1. The van der Waals surface area contributed by atoms with E-state index in [4.69, 9.17) is 14.2 Å². The Kier molecular flexibility index (Phi) is 7.07. The maximum Gasteiger partial charge on any atom is 0.343 e. The zero-order chi connectivity index (χ0) is 25.2. The van der Waals surface area contributed by atoms with Gasteiger partial charge in [0.15, 0.2) is 0 Å². The largest absolute Gasteiger partial charge is 0.488 e. The summed E-state index contributed by atoms with van der Waals surface area (Å²) < 4.78 is 19.2. The van der Waals surface area contributed by atoms with Crippen molar-refractivity contribution in [3.63, 3.8) is 0 Å². The molecule has 1 aromatic carbocycles. The zero-order valence-electron chi connectivity index (χ0n) is 21.0. The average Bonchev–Trinajstić information content (AvgIpc) is 3.30. The van der Waals surface area contributed by atoms with E-state index in [0.29, 0.717) is 36.5 Å². The Balaban J connectivity index is 1.34. The predicted molar refractivity (Wildman–Crippen MR) is 137 cm³/mol. The summed E-state index contributed by atoms with van der Waals surface area (Å²) in [7, 11) is 0. The number of aromatic nitrogens is 2. The molecule has 2 aliphatic rings. The van der Waals surface area contributed by atoms with Gasteiger partial charge in [0.05, 0.1) is 31.4 Å². The Morgan fingerprint density at radius 2 is 2.00 bits per heavy atom. The van der Waals surface area contributed by atoms with Crippen molar-refractivity contribution in [1.82, 2.24) is 14.9 Å². The number of benzene rings is 1. The van der Waals surface area contributed by atoms with E-state index >= 15 is 0 Å². The van der Waals surface area contributed by atoms with E-state index in [2.05, 4.69) is 29.4 Å². The van der Waals surface area contributed by atoms with Crippen LogP contribution in [0.4, 0.5) is 0 Å². The maximum atomic E-state index is 13.4. The van der Waals surface area contributed by atoms with Gasteiger partial charge in [-0.2, -0.15) is 0 Å². The number of hydrogen-bond acceptors (Lipinski definition) is 7. The molecule has 1 saturated heterocycles. The van der Waals surface area contributed by atoms with Crippen molar-refractivity contribution in [1.29, 1.82) is 0 Å². The van der Waals surface area contributed by atoms with E-state index in [1.165, 1.54) is 11.1 Å². The molecule has 3 atom stereocenters. The van der Waals surface area contributed by atoms with Gasteiger partial charge in [-0.25, -0.2) is 9.78 Å². The molecule has 0 amide bonds. The van der Waals surface area contributed by atoms with Gasteiger partial charge in [-0.1, -0.05) is 31.2 Å². The number of fused-ring (bicyclic) bond motifs is 2. The number of hydrogen-bond donors (Lipinski definition) is 1. The molecule has 0 bridgehead atoms. The number of aryl methyl sites for hydroxylation is 1. The molecule has 2 aromatic heterocycles. The molecule has 0 radical (unpaired) electrons. The summed E-state index contributed by atoms with van der Waals surface area (Å²) in [6.45, 7) is 8.00. The van der Waals surface area contributed by atoms with E-state index in [9.17, 15) is 9.59 Å². The Morgan fingerprint density at radius 3 is 2.69 bits per heavy atom. The third-order valence-electron chi connectivity index (χ3n) is 7.09. The van der Waals surface area contributed by atoms with Crippen LogP contribution in [0.5, 0.6) is 5.75 Å². The minimum absolute atomic E-state index is 0.00462. The van der Waals surface area contributed by atoms with Crippen LogP contribution in [0, 0.1) is 5.92 Å². The van der Waals surface area contributed by atoms with Gasteiger partial charge in [-0.15, -0.1) is 0 Å². The first-order valence-corrected chi connectivity index (χ1v) is 12.7. The molecule has 1 N–H and O–H groups in total. The van der Waals surface area contributed by atoms with Crippen LogP contribution in [0.2, 0.25) is 0 Å². The standard InChI is InChI=1S/C28H33N3O5/c1-4-31-13-24(28(33)35-14-17(2)25-16-34-15-18(3)30-25)26(32)23-11-22(12-29-27(23)31)36-21-9-19-7-5-6-8-20(19)10-21/h5-8,11-13,17-18,21,25,30H,4,9-10,14-16H2,1-3H3/t17?,18-,25+/m1/s1. The van der Waals surface area contributed by atoms with Crippen LogP contribution in [0.25, 0.3) is 11.0 Å². The second-order valence-electron chi connectivity index (χ2n) is 9.90. The first kappa shape index (κ1) is 24.5. The molecule has 1 unspecified atom stereocenters. The first-order valence-electron chi connectivity index (χ1n) is 12.7. The van der Waals surface area contributed by atoms with Gasteiger partial charge < -0.3 is 24.1 Å². The van der Waals surface area contributed by atoms with Crippen molar-refractivity contribution in [2.45, 2.75) is 58.3 Å². The van der Waals surface area contributed by atoms with Crippen LogP contribution in [0.1, 0.15) is 42.3 Å². The SMILES string of the molecule is CCn1cc(C(=O)OCC(C)[C@@H]2COC[C@@H](C)N2)c(=O)c2cc(OC3Cc4ccccc4C3)cnc21. The van der Waals surface area contributed by atoms with Crippen LogP contribution in [0.3, 0.4) is 0 Å². The van der Waals surface area contributed by atoms with Gasteiger partial charge in [0.25, 0.3) is 0 Å². The minimum Gasteiger partial charge on any atom is -0.488 e. The van der Waals surface area contributed by atoms with Crippen molar-refractivity contribution >= 4 is 17.0 Å². The highest BCUT2D eigenvalue weighted by Crippen LogP contribution is 2.26. The highest BCUT2D eigenvalue weighted by Gasteiger charge is 2.26. The van der Waals surface area contributed by atoms with Gasteiger partial charge >= 0.3 is 5.97 Å². The summed E-state index contributed by atoms with van der Waals surface area (Å²) >= 11 is 0. The van der Waals surface area contributed by atoms with Crippen molar-refractivity contribution in [3.05, 3.63) is 69.6 Å². The smallest absolute Gasteiger partial charge is 0.343 e. The average molecular weight is 492 g/mol. The lowest BCUT2D eigenvalue weighted by atomic mass is 10.0. The monoisotopic (exact) mass is 491 g/mol. The molecular formula is C28H33N3O5. The molecule has 3 aromatic rings. The Morgan fingerprint density at radius 1 is 1.25 bits per heavy atom. The highest BCUT2D eigenvalue weighted by molar-refractivity contribution is 5.93. The summed E-state index contributed by atoms with van der Waals surface area (Å²) in [6.07, 6.45) is 4.82. The molecule has 1 aliphatic heterocycles. The van der Waals surface area contributed by atoms with Gasteiger partial charge in [-0.3, -0.25) is 4.79 Å². The van der Waals surface area contributed by atoms with Crippen molar-refractivity contribution in [3.8, 4) is 5.75 Å². The molecule has 190 valence electrons. The summed E-state index contributed by atoms with van der Waals surface area (Å²) in [5.74, 6) is -0.0576. The zero-order valence-corrected chi connectivity index (χ0v) is 21.0. The van der Waals surface area contributed by atoms with Crippen LogP contribution in [-0.4, -0.2) is 53.5 Å². The first-order chi connectivity index (χ1) is 17.4. The molecule has 1 aliphatic carbocycles. The number of pyridine rings is 2. The fourth-order valence-electron chi connectivity index (χ4n) is 5.06. The molecule has 0 saturated carbocycles. The van der Waals surface area contributed by atoms with Crippen molar-refractivity contribution < 1.29 is 19.0 Å². The van der Waals surface area contributed by atoms with E-state index < -0.39 is 11.4 Å². The number of esters is 1. The Labute approximate surface area is 210 Å². The van der Waals surface area contributed by atoms with E-state index in [0.717, 1.165) is 12.8 Å². The van der Waals surface area contributed by atoms with Gasteiger partial charge in [0, 0.05) is 43.6 Å². The fraction of sp³-hybridized carbons (Fsp3) is 0.464. The third-order valence-corrected chi connectivity index (χ3v) is 7.09. The quantitative estimate of drug-likeness (QED) is 0.508. The number of nitrogens with one attached hydrogen (secondary N) is 1. The lowest BCUT2D eigenvalue weighted by Gasteiger charge is -2.32. The second kappa shape index (κ2) is 10.4. The number of nitrogens with zero attached hydrogens (tertiary/aromatic N) is 2. The van der Waals surface area contributed by atoms with Crippen LogP contribution in [-0.2, 0) is 28.9 Å². The Bertz CT molecular complexity index is 1300. The summed E-state index contributed by atoms with van der Waals surface area (Å²) in [5, 5.41) is 3.82. The number of ether oxygens (including phenoxy) is 3. The molecule has 8 heteroatoms. The van der Waals surface area contributed by atoms with E-state index in [1.54, 1.807) is 23.0 Å². The molecule has 1 fully saturated rings. The number of morpholine rings is 1. The number of rotatable bonds is 7. The third kappa shape index (κ3) is 5.01. The Hall–Kier alpha value is -3.23. The van der Waals surface area contributed by atoms with E-state index in [-0.39, 0.29) is 36.3 Å². The topological polar surface area (TPSA) is 91.7 Å². The molecule has 8 nitrogen and oxygen atoms in total. The number of carbonyl (C=O) groups is 1. The van der Waals surface area contributed by atoms with Crippen LogP contribution in [0.15, 0.2) is 47.5 Å². The normalized spacial score (nSPS) is 20.8. The van der Waals surface area contributed by atoms with Crippen LogP contribution < -0.4 is 15.5 Å². The van der Waals surface area contributed by atoms with E-state index in [1.807, 2.05) is 26.0 Å². The molecule has 5 rings (SSSR count). The lowest BCUT2D eigenvalue weighted by molar-refractivity contribution is 0.0118. The van der Waals surface area contributed by atoms with Crippen molar-refractivity contribution in [2.75, 3.05) is 19.8 Å². The summed E-state index contributed by atoms with van der Waals surface area (Å²) in [5.41, 5.74) is 2.70. The van der Waals surface area contributed by atoms with Gasteiger partial charge in [-0.05, 0) is 31.0 Å². The van der Waals surface area contributed by atoms with Gasteiger partial charge in [0.2, 0.25) is 5.43 Å². The minimum atomic E-state index is -0.627. The van der Waals surface area contributed by atoms with Crippen molar-refractivity contribution in [2.24, 2.45) is 5.92 Å². The highest BCUT2D eigenvalue weighted by atomic mass is 16.5. The van der Waals surface area contributed by atoms with Gasteiger partial charge in [0.1, 0.15) is 23.1 Å².